The van der Waals surface area contributed by atoms with Crippen molar-refractivity contribution in [1.29, 1.82) is 0 Å². The molecule has 0 amide bonds. The molecule has 1 unspecified atom stereocenters. The Kier molecular flexibility index (Phi) is 5.04. The topological polar surface area (TPSA) is 38.7 Å². The predicted octanol–water partition coefficient (Wildman–Crippen LogP) is 3.77. The Hall–Kier alpha value is -1.78. The summed E-state index contributed by atoms with van der Waals surface area (Å²) in [5.74, 6) is 0.715. The van der Waals surface area contributed by atoms with Crippen LogP contribution in [-0.4, -0.2) is 19.3 Å². The van der Waals surface area contributed by atoms with E-state index in [9.17, 15) is 9.50 Å². The Morgan fingerprint density at radius 1 is 1.14 bits per heavy atom. The summed E-state index contributed by atoms with van der Waals surface area (Å²) in [7, 11) is 3.09. The normalized spacial score (nSPS) is 12.0. The van der Waals surface area contributed by atoms with Gasteiger partial charge < -0.3 is 14.6 Å². The molecule has 2 aromatic carbocycles. The molecule has 112 valence electrons. The zero-order valence-electron chi connectivity index (χ0n) is 11.8. The molecule has 0 saturated heterocycles. The van der Waals surface area contributed by atoms with E-state index in [0.717, 1.165) is 5.56 Å². The molecule has 0 aliphatic heterocycles. The van der Waals surface area contributed by atoms with Crippen molar-refractivity contribution in [3.63, 3.8) is 0 Å². The van der Waals surface area contributed by atoms with Crippen LogP contribution in [0.3, 0.4) is 0 Å². The first-order chi connectivity index (χ1) is 10.0. The van der Waals surface area contributed by atoms with Crippen LogP contribution in [0.2, 0.25) is 5.02 Å². The molecule has 1 N–H and O–H groups in total. The first-order valence-electron chi connectivity index (χ1n) is 6.39. The number of hydrogen-bond acceptors (Lipinski definition) is 3. The summed E-state index contributed by atoms with van der Waals surface area (Å²) < 4.78 is 23.5. The van der Waals surface area contributed by atoms with E-state index < -0.39 is 11.9 Å². The summed E-state index contributed by atoms with van der Waals surface area (Å²) >= 11 is 5.75. The summed E-state index contributed by atoms with van der Waals surface area (Å²) in [6.07, 6.45) is -0.514. The highest BCUT2D eigenvalue weighted by atomic mass is 35.5. The zero-order valence-corrected chi connectivity index (χ0v) is 12.5. The van der Waals surface area contributed by atoms with Gasteiger partial charge >= 0.3 is 0 Å². The summed E-state index contributed by atoms with van der Waals surface area (Å²) in [6, 6.07) is 9.59. The Bertz CT molecular complexity index is 631. The lowest BCUT2D eigenvalue weighted by Gasteiger charge is -2.16. The molecule has 0 aliphatic rings. The van der Waals surface area contributed by atoms with E-state index in [0.29, 0.717) is 23.5 Å². The second-order valence-corrected chi connectivity index (χ2v) is 4.98. The Balaban J connectivity index is 2.26. The molecule has 3 nitrogen and oxygen atoms in total. The lowest BCUT2D eigenvalue weighted by atomic mass is 10.0. The van der Waals surface area contributed by atoms with Crippen molar-refractivity contribution in [1.82, 2.24) is 0 Å². The Labute approximate surface area is 127 Å². The average Bonchev–Trinajstić information content (AvgIpc) is 2.50. The first-order valence-corrected chi connectivity index (χ1v) is 6.77. The van der Waals surface area contributed by atoms with Gasteiger partial charge in [-0.15, -0.1) is 0 Å². The van der Waals surface area contributed by atoms with Gasteiger partial charge in [0.1, 0.15) is 17.3 Å². The lowest BCUT2D eigenvalue weighted by Crippen LogP contribution is -2.05. The molecule has 21 heavy (non-hydrogen) atoms. The number of aliphatic hydroxyl groups excluding tert-OH is 1. The highest BCUT2D eigenvalue weighted by Crippen LogP contribution is 2.31. The number of ether oxygens (including phenoxy) is 2. The fourth-order valence-electron chi connectivity index (χ4n) is 2.10. The Morgan fingerprint density at radius 2 is 1.90 bits per heavy atom. The van der Waals surface area contributed by atoms with E-state index in [1.54, 1.807) is 31.4 Å². The summed E-state index contributed by atoms with van der Waals surface area (Å²) in [5, 5.41) is 10.4. The largest absolute Gasteiger partial charge is 0.497 e. The molecular formula is C16H16ClFO3. The van der Waals surface area contributed by atoms with Crippen LogP contribution in [-0.2, 0) is 6.42 Å². The smallest absolute Gasteiger partial charge is 0.141 e. The van der Waals surface area contributed by atoms with E-state index >= 15 is 0 Å². The van der Waals surface area contributed by atoms with Crippen molar-refractivity contribution in [3.05, 3.63) is 58.4 Å². The van der Waals surface area contributed by atoms with E-state index in [2.05, 4.69) is 0 Å². The van der Waals surface area contributed by atoms with Crippen molar-refractivity contribution in [2.45, 2.75) is 12.5 Å². The van der Waals surface area contributed by atoms with E-state index in [-0.39, 0.29) is 5.02 Å². The number of benzene rings is 2. The highest BCUT2D eigenvalue weighted by molar-refractivity contribution is 6.30. The van der Waals surface area contributed by atoms with Crippen LogP contribution in [0, 0.1) is 5.82 Å². The quantitative estimate of drug-likeness (QED) is 0.913. The van der Waals surface area contributed by atoms with E-state index in [4.69, 9.17) is 21.1 Å². The van der Waals surface area contributed by atoms with E-state index in [1.165, 1.54) is 19.2 Å². The van der Waals surface area contributed by atoms with Gasteiger partial charge in [-0.1, -0.05) is 17.7 Å². The van der Waals surface area contributed by atoms with Crippen LogP contribution in [0.4, 0.5) is 4.39 Å². The summed E-state index contributed by atoms with van der Waals surface area (Å²) in [4.78, 5) is 0. The average molecular weight is 311 g/mol. The molecule has 0 heterocycles. The van der Waals surface area contributed by atoms with Crippen molar-refractivity contribution in [3.8, 4) is 11.5 Å². The lowest BCUT2D eigenvalue weighted by molar-refractivity contribution is 0.173. The standard InChI is InChI=1S/C16H16ClFO3/c1-20-11-4-6-16(21-2)12(9-11)15(19)8-10-3-5-14(18)13(17)7-10/h3-7,9,15,19H,8H2,1-2H3. The first kappa shape index (κ1) is 15.6. The van der Waals surface area contributed by atoms with Crippen molar-refractivity contribution < 1.29 is 19.0 Å². The van der Waals surface area contributed by atoms with E-state index in [1.807, 2.05) is 0 Å². The van der Waals surface area contributed by atoms with Crippen LogP contribution < -0.4 is 9.47 Å². The van der Waals surface area contributed by atoms with Gasteiger partial charge in [0.25, 0.3) is 0 Å². The van der Waals surface area contributed by atoms with Gasteiger partial charge in [0.05, 0.1) is 25.3 Å². The third kappa shape index (κ3) is 3.65. The number of methoxy groups -OCH3 is 2. The maximum Gasteiger partial charge on any atom is 0.141 e. The summed E-state index contributed by atoms with van der Waals surface area (Å²) in [5.41, 5.74) is 1.34. The molecule has 0 aromatic heterocycles. The minimum absolute atomic E-state index is 0.0392. The molecule has 0 bridgehead atoms. The third-order valence-corrected chi connectivity index (χ3v) is 3.50. The van der Waals surface area contributed by atoms with Crippen LogP contribution in [0.1, 0.15) is 17.2 Å². The van der Waals surface area contributed by atoms with Crippen LogP contribution in [0.25, 0.3) is 0 Å². The van der Waals surface area contributed by atoms with Crippen molar-refractivity contribution in [2.24, 2.45) is 0 Å². The molecule has 2 rings (SSSR count). The molecule has 5 heteroatoms. The molecule has 0 spiro atoms. The number of rotatable bonds is 5. The molecule has 0 saturated carbocycles. The second kappa shape index (κ2) is 6.78. The number of aliphatic hydroxyl groups is 1. The van der Waals surface area contributed by atoms with Gasteiger partial charge in [0.2, 0.25) is 0 Å². The SMILES string of the molecule is COc1ccc(OC)c(C(O)Cc2ccc(F)c(Cl)c2)c1. The predicted molar refractivity (Wildman–Crippen MR) is 79.6 cm³/mol. The van der Waals surface area contributed by atoms with Crippen LogP contribution in [0.5, 0.6) is 11.5 Å². The monoisotopic (exact) mass is 310 g/mol. The molecular weight excluding hydrogens is 295 g/mol. The third-order valence-electron chi connectivity index (χ3n) is 3.21. The zero-order chi connectivity index (χ0) is 15.4. The minimum Gasteiger partial charge on any atom is -0.497 e. The maximum atomic E-state index is 13.1. The van der Waals surface area contributed by atoms with Gasteiger partial charge in [-0.05, 0) is 35.9 Å². The van der Waals surface area contributed by atoms with Crippen LogP contribution in [0.15, 0.2) is 36.4 Å². The van der Waals surface area contributed by atoms with Crippen LogP contribution >= 0.6 is 11.6 Å². The van der Waals surface area contributed by atoms with Crippen molar-refractivity contribution >= 4 is 11.6 Å². The minimum atomic E-state index is -0.809. The van der Waals surface area contributed by atoms with Gasteiger partial charge in [0, 0.05) is 12.0 Å². The number of halogens is 2. The Morgan fingerprint density at radius 3 is 2.52 bits per heavy atom. The molecule has 2 aromatic rings. The van der Waals surface area contributed by atoms with Crippen molar-refractivity contribution in [2.75, 3.05) is 14.2 Å². The summed E-state index contributed by atoms with van der Waals surface area (Å²) in [6.45, 7) is 0. The maximum absolute atomic E-state index is 13.1. The highest BCUT2D eigenvalue weighted by Gasteiger charge is 2.16. The van der Waals surface area contributed by atoms with Gasteiger partial charge in [-0.25, -0.2) is 4.39 Å². The van der Waals surface area contributed by atoms with Gasteiger partial charge in [0.15, 0.2) is 0 Å². The molecule has 0 aliphatic carbocycles. The fraction of sp³-hybridized carbons (Fsp3) is 0.250. The van der Waals surface area contributed by atoms with Gasteiger partial charge in [-0.2, -0.15) is 0 Å². The molecule has 1 atom stereocenters. The number of hydrogen-bond donors (Lipinski definition) is 1. The van der Waals surface area contributed by atoms with Gasteiger partial charge in [-0.3, -0.25) is 0 Å². The molecule has 0 fully saturated rings. The molecule has 0 radical (unpaired) electrons. The second-order valence-electron chi connectivity index (χ2n) is 4.58. The fourth-order valence-corrected chi connectivity index (χ4v) is 2.30.